The van der Waals surface area contributed by atoms with Crippen molar-refractivity contribution in [2.24, 2.45) is 0 Å². The van der Waals surface area contributed by atoms with Gasteiger partial charge in [-0.15, -0.1) is 0 Å². The van der Waals surface area contributed by atoms with Crippen LogP contribution in [0.3, 0.4) is 0 Å². The average Bonchev–Trinajstić information content (AvgIpc) is 3.13. The first-order valence-electron chi connectivity index (χ1n) is 9.61. The van der Waals surface area contributed by atoms with Crippen molar-refractivity contribution in [2.45, 2.75) is 13.8 Å². The maximum atomic E-state index is 12.6. The summed E-state index contributed by atoms with van der Waals surface area (Å²) in [4.78, 5) is 20.7. The molecule has 0 saturated carbocycles. The van der Waals surface area contributed by atoms with Crippen molar-refractivity contribution >= 4 is 28.2 Å². The van der Waals surface area contributed by atoms with Gasteiger partial charge in [-0.05, 0) is 49.4 Å². The summed E-state index contributed by atoms with van der Waals surface area (Å²) in [5.41, 5.74) is 4.82. The molecule has 2 N–H and O–H groups in total. The molecule has 1 saturated heterocycles. The molecule has 1 aliphatic heterocycles. The third-order valence-electron chi connectivity index (χ3n) is 5.39. The number of anilines is 2. The van der Waals surface area contributed by atoms with Gasteiger partial charge in [-0.2, -0.15) is 0 Å². The third kappa shape index (κ3) is 3.69. The van der Waals surface area contributed by atoms with Crippen LogP contribution >= 0.6 is 0 Å². The Morgan fingerprint density at radius 2 is 1.85 bits per heavy atom. The van der Waals surface area contributed by atoms with E-state index in [1.165, 1.54) is 11.3 Å². The quantitative estimate of drug-likeness (QED) is 0.741. The molecule has 2 aromatic carbocycles. The lowest BCUT2D eigenvalue weighted by Gasteiger charge is -2.36. The summed E-state index contributed by atoms with van der Waals surface area (Å²) in [5, 5.41) is 4.05. The SMILES string of the molecule is CCN1CCN(c2ccc(NC(=O)c3cc4ccccc4[nH]3)cc2C)CC1. The Kier molecular flexibility index (Phi) is 4.86. The molecule has 0 bridgehead atoms. The number of likely N-dealkylation sites (N-methyl/N-ethyl adjacent to an activating group) is 1. The van der Waals surface area contributed by atoms with Crippen molar-refractivity contribution in [2.75, 3.05) is 42.9 Å². The number of benzene rings is 2. The monoisotopic (exact) mass is 362 g/mol. The van der Waals surface area contributed by atoms with Crippen LogP contribution in [0.4, 0.5) is 11.4 Å². The van der Waals surface area contributed by atoms with Gasteiger partial charge >= 0.3 is 0 Å². The van der Waals surface area contributed by atoms with E-state index in [-0.39, 0.29) is 5.91 Å². The summed E-state index contributed by atoms with van der Waals surface area (Å²) in [6.07, 6.45) is 0. The largest absolute Gasteiger partial charge is 0.369 e. The van der Waals surface area contributed by atoms with Crippen LogP contribution in [0.25, 0.3) is 10.9 Å². The fraction of sp³-hybridized carbons (Fsp3) is 0.318. The lowest BCUT2D eigenvalue weighted by molar-refractivity contribution is 0.102. The van der Waals surface area contributed by atoms with E-state index in [0.717, 1.165) is 49.3 Å². The van der Waals surface area contributed by atoms with Crippen molar-refractivity contribution in [3.05, 3.63) is 59.8 Å². The van der Waals surface area contributed by atoms with Gasteiger partial charge in [-0.3, -0.25) is 4.79 Å². The van der Waals surface area contributed by atoms with Gasteiger partial charge in [0.05, 0.1) is 0 Å². The van der Waals surface area contributed by atoms with Crippen LogP contribution in [0.15, 0.2) is 48.5 Å². The lowest BCUT2D eigenvalue weighted by Crippen LogP contribution is -2.46. The predicted molar refractivity (Wildman–Crippen MR) is 112 cm³/mol. The third-order valence-corrected chi connectivity index (χ3v) is 5.39. The molecule has 2 heterocycles. The summed E-state index contributed by atoms with van der Waals surface area (Å²) in [5.74, 6) is -0.116. The Hall–Kier alpha value is -2.79. The number of H-pyrrole nitrogens is 1. The van der Waals surface area contributed by atoms with Gasteiger partial charge in [0, 0.05) is 48.5 Å². The molecule has 140 valence electrons. The van der Waals surface area contributed by atoms with E-state index in [9.17, 15) is 4.79 Å². The maximum absolute atomic E-state index is 12.6. The molecule has 0 radical (unpaired) electrons. The van der Waals surface area contributed by atoms with Crippen molar-refractivity contribution in [1.29, 1.82) is 0 Å². The molecule has 27 heavy (non-hydrogen) atoms. The van der Waals surface area contributed by atoms with Gasteiger partial charge in [-0.1, -0.05) is 25.1 Å². The second-order valence-corrected chi connectivity index (χ2v) is 7.15. The minimum Gasteiger partial charge on any atom is -0.369 e. The van der Waals surface area contributed by atoms with Crippen LogP contribution in [-0.2, 0) is 0 Å². The highest BCUT2D eigenvalue weighted by molar-refractivity contribution is 6.06. The summed E-state index contributed by atoms with van der Waals surface area (Å²) in [6.45, 7) is 9.76. The zero-order valence-electron chi connectivity index (χ0n) is 16.0. The summed E-state index contributed by atoms with van der Waals surface area (Å²) >= 11 is 0. The number of nitrogens with zero attached hydrogens (tertiary/aromatic N) is 2. The van der Waals surface area contributed by atoms with Crippen LogP contribution in [0.5, 0.6) is 0 Å². The number of para-hydroxylation sites is 1. The minimum atomic E-state index is -0.116. The molecule has 1 aliphatic rings. The van der Waals surface area contributed by atoms with E-state index >= 15 is 0 Å². The first kappa shape index (κ1) is 17.6. The summed E-state index contributed by atoms with van der Waals surface area (Å²) in [7, 11) is 0. The Morgan fingerprint density at radius 3 is 2.56 bits per heavy atom. The number of fused-ring (bicyclic) bond motifs is 1. The number of aryl methyl sites for hydroxylation is 1. The molecule has 3 aromatic rings. The maximum Gasteiger partial charge on any atom is 0.272 e. The van der Waals surface area contributed by atoms with E-state index in [1.807, 2.05) is 36.4 Å². The summed E-state index contributed by atoms with van der Waals surface area (Å²) < 4.78 is 0. The van der Waals surface area contributed by atoms with Crippen LogP contribution in [0.2, 0.25) is 0 Å². The number of amides is 1. The fourth-order valence-corrected chi connectivity index (χ4v) is 3.79. The van der Waals surface area contributed by atoms with E-state index in [1.54, 1.807) is 0 Å². The smallest absolute Gasteiger partial charge is 0.272 e. The summed E-state index contributed by atoms with van der Waals surface area (Å²) in [6, 6.07) is 16.0. The molecule has 0 atom stereocenters. The van der Waals surface area contributed by atoms with Gasteiger partial charge < -0.3 is 20.1 Å². The second-order valence-electron chi connectivity index (χ2n) is 7.15. The number of carbonyl (C=O) groups excluding carboxylic acids is 1. The number of rotatable bonds is 4. The molecule has 5 nitrogen and oxygen atoms in total. The van der Waals surface area contributed by atoms with Crippen molar-refractivity contribution in [3.8, 4) is 0 Å². The zero-order valence-corrected chi connectivity index (χ0v) is 16.0. The van der Waals surface area contributed by atoms with Gasteiger partial charge in [0.2, 0.25) is 0 Å². The lowest BCUT2D eigenvalue weighted by atomic mass is 10.1. The number of aromatic nitrogens is 1. The van der Waals surface area contributed by atoms with Crippen molar-refractivity contribution in [1.82, 2.24) is 9.88 Å². The van der Waals surface area contributed by atoms with Gasteiger partial charge in [0.25, 0.3) is 5.91 Å². The van der Waals surface area contributed by atoms with Crippen LogP contribution in [-0.4, -0.2) is 48.5 Å². The molecule has 0 spiro atoms. The predicted octanol–water partition coefficient (Wildman–Crippen LogP) is 3.87. The number of aromatic amines is 1. The van der Waals surface area contributed by atoms with Crippen molar-refractivity contribution < 1.29 is 4.79 Å². The Bertz CT molecular complexity index is 921. The first-order chi connectivity index (χ1) is 13.1. The topological polar surface area (TPSA) is 51.4 Å². The van der Waals surface area contributed by atoms with E-state index in [4.69, 9.17) is 0 Å². The molecular formula is C22H26N4O. The van der Waals surface area contributed by atoms with Crippen molar-refractivity contribution in [3.63, 3.8) is 0 Å². The van der Waals surface area contributed by atoms with Gasteiger partial charge in [-0.25, -0.2) is 0 Å². The average molecular weight is 362 g/mol. The highest BCUT2D eigenvalue weighted by Gasteiger charge is 2.17. The number of piperazine rings is 1. The molecule has 1 amide bonds. The number of carbonyl (C=O) groups is 1. The van der Waals surface area contributed by atoms with Gasteiger partial charge in [0.1, 0.15) is 5.69 Å². The standard InChI is InChI=1S/C22H26N4O/c1-3-25-10-12-26(13-11-25)21-9-8-18(14-16(21)2)23-22(27)20-15-17-6-4-5-7-19(17)24-20/h4-9,14-15,24H,3,10-13H2,1-2H3,(H,23,27). The molecule has 0 aliphatic carbocycles. The molecule has 4 rings (SSSR count). The first-order valence-corrected chi connectivity index (χ1v) is 9.61. The molecule has 1 aromatic heterocycles. The number of hydrogen-bond acceptors (Lipinski definition) is 3. The molecule has 1 fully saturated rings. The number of nitrogens with one attached hydrogen (secondary N) is 2. The second kappa shape index (κ2) is 7.45. The van der Waals surface area contributed by atoms with Crippen LogP contribution in [0.1, 0.15) is 23.0 Å². The fourth-order valence-electron chi connectivity index (χ4n) is 3.79. The highest BCUT2D eigenvalue weighted by Crippen LogP contribution is 2.25. The normalized spacial score (nSPS) is 15.3. The number of hydrogen-bond donors (Lipinski definition) is 2. The molecule has 0 unspecified atom stereocenters. The molecular weight excluding hydrogens is 336 g/mol. The van der Waals surface area contributed by atoms with E-state index in [2.05, 4.69) is 46.1 Å². The van der Waals surface area contributed by atoms with Gasteiger partial charge in [0.15, 0.2) is 0 Å². The Labute approximate surface area is 160 Å². The minimum absolute atomic E-state index is 0.116. The van der Waals surface area contributed by atoms with Crippen LogP contribution < -0.4 is 10.2 Å². The Morgan fingerprint density at radius 1 is 1.07 bits per heavy atom. The molecule has 5 heteroatoms. The highest BCUT2D eigenvalue weighted by atomic mass is 16.1. The van der Waals surface area contributed by atoms with E-state index in [0.29, 0.717) is 5.69 Å². The van der Waals surface area contributed by atoms with Crippen LogP contribution in [0, 0.1) is 6.92 Å². The van der Waals surface area contributed by atoms with E-state index < -0.39 is 0 Å². The Balaban J connectivity index is 1.46. The zero-order chi connectivity index (χ0) is 18.8.